The second-order valence-corrected chi connectivity index (χ2v) is 12.6. The van der Waals surface area contributed by atoms with E-state index in [0.29, 0.717) is 41.4 Å². The molecule has 0 unspecified atom stereocenters. The number of aromatic hydroxyl groups is 2. The fourth-order valence-corrected chi connectivity index (χ4v) is 7.99. The van der Waals surface area contributed by atoms with E-state index in [-0.39, 0.29) is 29.8 Å². The summed E-state index contributed by atoms with van der Waals surface area (Å²) in [6.07, 6.45) is 0.696. The van der Waals surface area contributed by atoms with Gasteiger partial charge in [0.05, 0.1) is 28.8 Å². The van der Waals surface area contributed by atoms with Crippen LogP contribution in [0, 0.1) is 0 Å². The van der Waals surface area contributed by atoms with Crippen molar-refractivity contribution in [2.24, 2.45) is 0 Å². The topological polar surface area (TPSA) is 142 Å². The first kappa shape index (κ1) is 25.4. The largest absolute Gasteiger partial charge is 0.494 e. The Morgan fingerprint density at radius 3 is 2.51 bits per heavy atom. The summed E-state index contributed by atoms with van der Waals surface area (Å²) >= 11 is 8.29. The van der Waals surface area contributed by atoms with Crippen LogP contribution in [0.15, 0.2) is 36.4 Å². The van der Waals surface area contributed by atoms with E-state index in [9.17, 15) is 23.4 Å². The third kappa shape index (κ3) is 5.11. The molecule has 12 heteroatoms. The van der Waals surface area contributed by atoms with Crippen LogP contribution in [0.1, 0.15) is 28.1 Å². The Labute approximate surface area is 221 Å². The molecule has 0 fully saturated rings. The Bertz CT molecular complexity index is 1590. The maximum Gasteiger partial charge on any atom is 0.404 e. The highest BCUT2D eigenvalue weighted by atomic mass is 35.5. The molecule has 4 N–H and O–H groups in total. The van der Waals surface area contributed by atoms with E-state index in [2.05, 4.69) is 5.32 Å². The van der Waals surface area contributed by atoms with Gasteiger partial charge < -0.3 is 20.6 Å². The normalized spacial score (nSPS) is 14.5. The van der Waals surface area contributed by atoms with Crippen LogP contribution in [0.5, 0.6) is 11.8 Å². The predicted molar refractivity (Wildman–Crippen MR) is 142 cm³/mol. The number of hydrogen-bond donors (Lipinski definition) is 4. The first-order chi connectivity index (χ1) is 17.6. The predicted octanol–water partition coefficient (Wildman–Crippen LogP) is 4.55. The van der Waals surface area contributed by atoms with Gasteiger partial charge in [0.1, 0.15) is 4.83 Å². The maximum absolute atomic E-state index is 12.3. The van der Waals surface area contributed by atoms with Crippen LogP contribution in [0.3, 0.4) is 0 Å². The summed E-state index contributed by atoms with van der Waals surface area (Å²) in [6.45, 7) is 0.391. The molecule has 37 heavy (non-hydrogen) atoms. The standard InChI is InChI=1S/C25H24ClN3O6S2/c26-23-17(12-29-19(30)7-8-20(29)31)28-24-22(16-9-11-37(34,35)13-18(16)36-24)21(23)15-5-3-14(4-6-15)2-1-10-27-25(32)33/h3-8,27,30-31H,1-2,9-13H2,(H,32,33). The molecule has 3 aromatic heterocycles. The molecule has 0 saturated carbocycles. The summed E-state index contributed by atoms with van der Waals surface area (Å²) in [4.78, 5) is 16.8. The number of aromatic nitrogens is 2. The van der Waals surface area contributed by atoms with Gasteiger partial charge in [0.2, 0.25) is 0 Å². The van der Waals surface area contributed by atoms with E-state index in [0.717, 1.165) is 32.5 Å². The molecule has 194 valence electrons. The molecular weight excluding hydrogens is 538 g/mol. The van der Waals surface area contributed by atoms with Gasteiger partial charge in [-0.05, 0) is 36.0 Å². The Morgan fingerprint density at radius 2 is 1.84 bits per heavy atom. The lowest BCUT2D eigenvalue weighted by Crippen LogP contribution is -2.22. The summed E-state index contributed by atoms with van der Waals surface area (Å²) in [5.41, 5.74) is 4.00. The highest BCUT2D eigenvalue weighted by Crippen LogP contribution is 2.45. The van der Waals surface area contributed by atoms with Crippen LogP contribution in [-0.4, -0.2) is 51.7 Å². The molecule has 1 aliphatic heterocycles. The van der Waals surface area contributed by atoms with E-state index >= 15 is 0 Å². The van der Waals surface area contributed by atoms with Crippen molar-refractivity contribution in [3.05, 3.63) is 63.1 Å². The zero-order valence-electron chi connectivity index (χ0n) is 19.6. The number of nitrogens with zero attached hydrogens (tertiary/aromatic N) is 2. The third-order valence-corrected chi connectivity index (χ3v) is 9.72. The highest BCUT2D eigenvalue weighted by molar-refractivity contribution is 7.90. The number of rotatable bonds is 7. The smallest absolute Gasteiger partial charge is 0.404 e. The van der Waals surface area contributed by atoms with Crippen LogP contribution < -0.4 is 5.32 Å². The van der Waals surface area contributed by atoms with Crippen LogP contribution in [0.2, 0.25) is 5.02 Å². The van der Waals surface area contributed by atoms with Crippen molar-refractivity contribution in [2.45, 2.75) is 31.6 Å². The van der Waals surface area contributed by atoms with Gasteiger partial charge in [-0.2, -0.15) is 0 Å². The first-order valence-electron chi connectivity index (χ1n) is 11.6. The van der Waals surface area contributed by atoms with Crippen molar-refractivity contribution < 1.29 is 28.5 Å². The number of benzene rings is 1. The molecule has 0 bridgehead atoms. The number of pyridine rings is 1. The van der Waals surface area contributed by atoms with Gasteiger partial charge in [-0.1, -0.05) is 35.9 Å². The van der Waals surface area contributed by atoms with Crippen LogP contribution >= 0.6 is 22.9 Å². The Kier molecular flexibility index (Phi) is 6.78. The van der Waals surface area contributed by atoms with Gasteiger partial charge >= 0.3 is 6.09 Å². The van der Waals surface area contributed by atoms with Crippen molar-refractivity contribution in [1.82, 2.24) is 14.9 Å². The van der Waals surface area contributed by atoms with Gasteiger partial charge in [-0.3, -0.25) is 4.57 Å². The second kappa shape index (κ2) is 9.88. The average Bonchev–Trinajstić information content (AvgIpc) is 3.35. The van der Waals surface area contributed by atoms with E-state index < -0.39 is 15.9 Å². The minimum Gasteiger partial charge on any atom is -0.494 e. The molecule has 9 nitrogen and oxygen atoms in total. The van der Waals surface area contributed by atoms with E-state index in [4.69, 9.17) is 21.7 Å². The highest BCUT2D eigenvalue weighted by Gasteiger charge is 2.29. The number of fused-ring (bicyclic) bond motifs is 3. The van der Waals surface area contributed by atoms with E-state index in [1.807, 2.05) is 24.3 Å². The molecule has 0 spiro atoms. The molecule has 5 rings (SSSR count). The van der Waals surface area contributed by atoms with Crippen molar-refractivity contribution >= 4 is 49.1 Å². The fourth-order valence-electron chi connectivity index (χ4n) is 4.63. The molecule has 0 aliphatic carbocycles. The molecule has 4 heterocycles. The van der Waals surface area contributed by atoms with Crippen molar-refractivity contribution in [2.75, 3.05) is 12.3 Å². The van der Waals surface area contributed by atoms with Crippen LogP contribution in [0.4, 0.5) is 4.79 Å². The monoisotopic (exact) mass is 561 g/mol. The number of amides is 1. The number of carboxylic acid groups (broad SMARTS) is 1. The molecule has 0 atom stereocenters. The SMILES string of the molecule is O=C(O)NCCCc1ccc(-c2c(Cl)c(Cn3c(O)ccc3O)nc3sc4c(c23)CCS(=O)(=O)C4)cc1. The summed E-state index contributed by atoms with van der Waals surface area (Å²) in [6, 6.07) is 10.6. The van der Waals surface area contributed by atoms with E-state index in [1.54, 1.807) is 0 Å². The number of nitrogens with one attached hydrogen (secondary N) is 1. The number of aryl methyl sites for hydroxylation is 2. The summed E-state index contributed by atoms with van der Waals surface area (Å²) in [7, 11) is -3.18. The second-order valence-electron chi connectivity index (χ2n) is 8.94. The number of halogens is 1. The number of sulfone groups is 1. The van der Waals surface area contributed by atoms with Gasteiger partial charge in [0.15, 0.2) is 21.6 Å². The maximum atomic E-state index is 12.3. The Balaban J connectivity index is 1.59. The molecular formula is C25H24ClN3O6S2. The minimum absolute atomic E-state index is 0.0295. The van der Waals surface area contributed by atoms with Crippen molar-refractivity contribution in [1.29, 1.82) is 0 Å². The fraction of sp³-hybridized carbons (Fsp3) is 0.280. The molecule has 0 radical (unpaired) electrons. The van der Waals surface area contributed by atoms with Crippen LogP contribution in [0.25, 0.3) is 21.3 Å². The van der Waals surface area contributed by atoms with Gasteiger partial charge in [-0.15, -0.1) is 11.3 Å². The third-order valence-electron chi connectivity index (χ3n) is 6.45. The summed E-state index contributed by atoms with van der Waals surface area (Å²) < 4.78 is 25.9. The van der Waals surface area contributed by atoms with Crippen molar-refractivity contribution in [3.63, 3.8) is 0 Å². The molecule has 1 aromatic carbocycles. The Hall–Kier alpha value is -3.28. The van der Waals surface area contributed by atoms with E-state index in [1.165, 1.54) is 28.0 Å². The zero-order valence-corrected chi connectivity index (χ0v) is 22.0. The summed E-state index contributed by atoms with van der Waals surface area (Å²) in [5.74, 6) is -0.220. The first-order valence-corrected chi connectivity index (χ1v) is 14.6. The van der Waals surface area contributed by atoms with Crippen molar-refractivity contribution in [3.8, 4) is 22.9 Å². The zero-order chi connectivity index (χ0) is 26.3. The lowest BCUT2D eigenvalue weighted by molar-refractivity contribution is 0.194. The quantitative estimate of drug-likeness (QED) is 0.242. The Morgan fingerprint density at radius 1 is 1.14 bits per heavy atom. The lowest BCUT2D eigenvalue weighted by Gasteiger charge is -2.16. The van der Waals surface area contributed by atoms with Gasteiger partial charge in [0.25, 0.3) is 0 Å². The molecule has 1 aliphatic rings. The average molecular weight is 562 g/mol. The number of thiophene rings is 1. The molecule has 1 amide bonds. The minimum atomic E-state index is -3.18. The number of carbonyl (C=O) groups is 1. The van der Waals surface area contributed by atoms with Gasteiger partial charge in [0, 0.05) is 34.5 Å². The van der Waals surface area contributed by atoms with Gasteiger partial charge in [-0.25, -0.2) is 18.2 Å². The molecule has 0 saturated heterocycles. The summed E-state index contributed by atoms with van der Waals surface area (Å²) in [5, 5.41) is 32.6. The molecule has 4 aromatic rings. The van der Waals surface area contributed by atoms with Crippen LogP contribution in [-0.2, 0) is 35.0 Å². The lowest BCUT2D eigenvalue weighted by atomic mass is 9.96. The number of hydrogen-bond acceptors (Lipinski definition) is 7.